The fourth-order valence-corrected chi connectivity index (χ4v) is 3.15. The molecular weight excluding hydrogens is 270 g/mol. The Kier molecular flexibility index (Phi) is 5.23. The third kappa shape index (κ3) is 3.42. The van der Waals surface area contributed by atoms with E-state index in [2.05, 4.69) is 37.1 Å². The van der Waals surface area contributed by atoms with E-state index in [0.717, 1.165) is 35.0 Å². The summed E-state index contributed by atoms with van der Waals surface area (Å²) in [5.74, 6) is 0. The van der Waals surface area contributed by atoms with Gasteiger partial charge in [-0.25, -0.2) is 4.98 Å². The number of aryl methyl sites for hydroxylation is 2. The Morgan fingerprint density at radius 2 is 2.15 bits per heavy atom. The van der Waals surface area contributed by atoms with Crippen molar-refractivity contribution < 1.29 is 4.74 Å². The van der Waals surface area contributed by atoms with Gasteiger partial charge in [0.1, 0.15) is 10.7 Å². The van der Waals surface area contributed by atoms with Gasteiger partial charge in [-0.15, -0.1) is 11.3 Å². The van der Waals surface area contributed by atoms with E-state index in [1.54, 1.807) is 18.4 Å². The lowest BCUT2D eigenvalue weighted by Crippen LogP contribution is -2.12. The van der Waals surface area contributed by atoms with E-state index in [4.69, 9.17) is 9.72 Å². The highest BCUT2D eigenvalue weighted by molar-refractivity contribution is 7.15. The molecule has 20 heavy (non-hydrogen) atoms. The summed E-state index contributed by atoms with van der Waals surface area (Å²) >= 11 is 1.70. The van der Waals surface area contributed by atoms with Crippen LogP contribution < -0.4 is 5.32 Å². The van der Waals surface area contributed by atoms with Crippen molar-refractivity contribution in [3.8, 4) is 10.7 Å². The molecule has 0 unspecified atom stereocenters. The maximum absolute atomic E-state index is 5.24. The number of thiazole rings is 1. The molecule has 0 spiro atoms. The smallest absolute Gasteiger partial charge is 0.142 e. The first-order valence-electron chi connectivity index (χ1n) is 6.77. The highest BCUT2D eigenvalue weighted by atomic mass is 32.1. The zero-order valence-electron chi connectivity index (χ0n) is 12.5. The number of nitrogens with one attached hydrogen (secondary N) is 1. The van der Waals surface area contributed by atoms with E-state index in [1.807, 2.05) is 6.20 Å². The SMILES string of the molecule is CCNCc1sc(-c2ncc(C)cc2C)nc1COC. The maximum Gasteiger partial charge on any atom is 0.142 e. The van der Waals surface area contributed by atoms with Crippen LogP contribution in [-0.4, -0.2) is 23.6 Å². The zero-order chi connectivity index (χ0) is 14.5. The third-order valence-electron chi connectivity index (χ3n) is 3.01. The Hall–Kier alpha value is -1.30. The van der Waals surface area contributed by atoms with Gasteiger partial charge >= 0.3 is 0 Å². The van der Waals surface area contributed by atoms with Crippen LogP contribution in [-0.2, 0) is 17.9 Å². The van der Waals surface area contributed by atoms with Gasteiger partial charge < -0.3 is 10.1 Å². The molecule has 0 amide bonds. The summed E-state index contributed by atoms with van der Waals surface area (Å²) in [4.78, 5) is 10.5. The molecule has 108 valence electrons. The monoisotopic (exact) mass is 291 g/mol. The van der Waals surface area contributed by atoms with Gasteiger partial charge in [-0.1, -0.05) is 13.0 Å². The quantitative estimate of drug-likeness (QED) is 0.888. The van der Waals surface area contributed by atoms with E-state index < -0.39 is 0 Å². The van der Waals surface area contributed by atoms with E-state index in [1.165, 1.54) is 10.4 Å². The van der Waals surface area contributed by atoms with Gasteiger partial charge in [-0.3, -0.25) is 4.98 Å². The fraction of sp³-hybridized carbons (Fsp3) is 0.467. The zero-order valence-corrected chi connectivity index (χ0v) is 13.3. The first-order chi connectivity index (χ1) is 9.65. The van der Waals surface area contributed by atoms with Gasteiger partial charge in [0.2, 0.25) is 0 Å². The lowest BCUT2D eigenvalue weighted by atomic mass is 10.2. The summed E-state index contributed by atoms with van der Waals surface area (Å²) in [5.41, 5.74) is 4.32. The van der Waals surface area contributed by atoms with Crippen LogP contribution in [0.2, 0.25) is 0 Å². The van der Waals surface area contributed by atoms with Crippen LogP contribution >= 0.6 is 11.3 Å². The molecule has 1 N–H and O–H groups in total. The minimum Gasteiger partial charge on any atom is -0.378 e. The van der Waals surface area contributed by atoms with E-state index >= 15 is 0 Å². The first-order valence-corrected chi connectivity index (χ1v) is 7.59. The summed E-state index contributed by atoms with van der Waals surface area (Å²) in [6.07, 6.45) is 1.89. The predicted molar refractivity (Wildman–Crippen MR) is 82.9 cm³/mol. The van der Waals surface area contributed by atoms with Gasteiger partial charge in [0.25, 0.3) is 0 Å². The topological polar surface area (TPSA) is 47.0 Å². The van der Waals surface area contributed by atoms with E-state index in [0.29, 0.717) is 6.61 Å². The first kappa shape index (κ1) is 15.1. The van der Waals surface area contributed by atoms with E-state index in [-0.39, 0.29) is 0 Å². The molecule has 2 rings (SSSR count). The lowest BCUT2D eigenvalue weighted by molar-refractivity contribution is 0.181. The molecular formula is C15H21N3OS. The molecule has 0 radical (unpaired) electrons. The normalized spacial score (nSPS) is 11.0. The maximum atomic E-state index is 5.24. The highest BCUT2D eigenvalue weighted by Crippen LogP contribution is 2.29. The van der Waals surface area contributed by atoms with E-state index in [9.17, 15) is 0 Å². The second-order valence-corrected chi connectivity index (χ2v) is 5.86. The fourth-order valence-electron chi connectivity index (χ4n) is 2.05. The lowest BCUT2D eigenvalue weighted by Gasteiger charge is -2.01. The molecule has 0 aliphatic rings. The predicted octanol–water partition coefficient (Wildman–Crippen LogP) is 3.08. The summed E-state index contributed by atoms with van der Waals surface area (Å²) in [5, 5.41) is 4.32. The van der Waals surface area contributed by atoms with Crippen LogP contribution in [0.4, 0.5) is 0 Å². The molecule has 5 heteroatoms. The van der Waals surface area contributed by atoms with Crippen LogP contribution in [0.1, 0.15) is 28.6 Å². The van der Waals surface area contributed by atoms with Crippen LogP contribution in [0, 0.1) is 13.8 Å². The van der Waals surface area contributed by atoms with Crippen molar-refractivity contribution in [2.75, 3.05) is 13.7 Å². The van der Waals surface area contributed by atoms with Gasteiger partial charge in [-0.05, 0) is 31.5 Å². The van der Waals surface area contributed by atoms with Crippen LogP contribution in [0.5, 0.6) is 0 Å². The van der Waals surface area contributed by atoms with Crippen molar-refractivity contribution in [1.82, 2.24) is 15.3 Å². The van der Waals surface area contributed by atoms with Gasteiger partial charge in [-0.2, -0.15) is 0 Å². The number of nitrogens with zero attached hydrogens (tertiary/aromatic N) is 2. The standard InChI is InChI=1S/C15H21N3OS/c1-5-16-8-13-12(9-19-4)18-15(20-13)14-11(3)6-10(2)7-17-14/h6-7,16H,5,8-9H2,1-4H3. The average molecular weight is 291 g/mol. The molecule has 0 saturated carbocycles. The number of ether oxygens (including phenoxy) is 1. The van der Waals surface area contributed by atoms with Crippen molar-refractivity contribution >= 4 is 11.3 Å². The highest BCUT2D eigenvalue weighted by Gasteiger charge is 2.14. The summed E-state index contributed by atoms with van der Waals surface area (Å²) in [6, 6.07) is 2.14. The number of rotatable bonds is 6. The van der Waals surface area contributed by atoms with Crippen molar-refractivity contribution in [3.63, 3.8) is 0 Å². The summed E-state index contributed by atoms with van der Waals surface area (Å²) < 4.78 is 5.24. The number of methoxy groups -OCH3 is 1. The molecule has 0 fully saturated rings. The molecule has 0 atom stereocenters. The molecule has 0 saturated heterocycles. The van der Waals surface area contributed by atoms with Crippen LogP contribution in [0.3, 0.4) is 0 Å². The summed E-state index contributed by atoms with van der Waals surface area (Å²) in [7, 11) is 1.70. The third-order valence-corrected chi connectivity index (χ3v) is 4.12. The second-order valence-electron chi connectivity index (χ2n) is 4.78. The number of pyridine rings is 1. The Labute approximate surface area is 124 Å². The molecule has 2 aromatic heterocycles. The Morgan fingerprint density at radius 1 is 1.35 bits per heavy atom. The van der Waals surface area contributed by atoms with Crippen molar-refractivity contribution in [2.24, 2.45) is 0 Å². The molecule has 4 nitrogen and oxygen atoms in total. The largest absolute Gasteiger partial charge is 0.378 e. The number of aromatic nitrogens is 2. The molecule has 2 heterocycles. The molecule has 0 bridgehead atoms. The Balaban J connectivity index is 2.36. The van der Waals surface area contributed by atoms with Crippen LogP contribution in [0.25, 0.3) is 10.7 Å². The van der Waals surface area contributed by atoms with Gasteiger partial charge in [0.05, 0.1) is 12.3 Å². The van der Waals surface area contributed by atoms with Crippen molar-refractivity contribution in [1.29, 1.82) is 0 Å². The number of hydrogen-bond acceptors (Lipinski definition) is 5. The molecule has 0 aliphatic heterocycles. The minimum absolute atomic E-state index is 0.544. The van der Waals surface area contributed by atoms with Gasteiger partial charge in [0, 0.05) is 24.7 Å². The van der Waals surface area contributed by atoms with Crippen LogP contribution in [0.15, 0.2) is 12.3 Å². The minimum atomic E-state index is 0.544. The molecule has 0 aliphatic carbocycles. The summed E-state index contributed by atoms with van der Waals surface area (Å²) in [6.45, 7) is 8.56. The Bertz CT molecular complexity index is 580. The molecule has 0 aromatic carbocycles. The molecule has 2 aromatic rings. The average Bonchev–Trinajstić information content (AvgIpc) is 2.80. The van der Waals surface area contributed by atoms with Gasteiger partial charge in [0.15, 0.2) is 0 Å². The van der Waals surface area contributed by atoms with Crippen molar-refractivity contribution in [3.05, 3.63) is 34.0 Å². The number of hydrogen-bond donors (Lipinski definition) is 1. The second kappa shape index (κ2) is 6.92. The van der Waals surface area contributed by atoms with Crippen molar-refractivity contribution in [2.45, 2.75) is 33.9 Å². The Morgan fingerprint density at radius 3 is 2.80 bits per heavy atom.